The molecule has 3 rings (SSSR count). The smallest absolute Gasteiger partial charge is 0.412 e. The number of hydrogen-bond donors (Lipinski definition) is 1. The lowest BCUT2D eigenvalue weighted by molar-refractivity contribution is 0.0636. The van der Waals surface area contributed by atoms with E-state index in [1.807, 2.05) is 20.8 Å². The molecule has 2 aromatic heterocycles. The molecule has 134 valence electrons. The molecule has 0 aliphatic rings. The summed E-state index contributed by atoms with van der Waals surface area (Å²) in [6.07, 6.45) is 2.68. The van der Waals surface area contributed by atoms with Crippen molar-refractivity contribution in [3.63, 3.8) is 0 Å². The van der Waals surface area contributed by atoms with E-state index in [2.05, 4.69) is 15.5 Å². The van der Waals surface area contributed by atoms with Gasteiger partial charge in [-0.3, -0.25) is 10.3 Å². The molecule has 0 saturated heterocycles. The summed E-state index contributed by atoms with van der Waals surface area (Å²) in [6, 6.07) is 12.2. The van der Waals surface area contributed by atoms with Gasteiger partial charge in [0.05, 0.1) is 6.20 Å². The third-order valence-corrected chi connectivity index (χ3v) is 3.16. The molecule has 0 spiro atoms. The van der Waals surface area contributed by atoms with E-state index in [-0.39, 0.29) is 0 Å². The van der Waals surface area contributed by atoms with E-state index in [0.717, 1.165) is 0 Å². The molecule has 0 unspecified atom stereocenters. The molecule has 0 aliphatic heterocycles. The number of aromatic nitrogens is 2. The van der Waals surface area contributed by atoms with Crippen molar-refractivity contribution in [2.45, 2.75) is 26.4 Å². The summed E-state index contributed by atoms with van der Waals surface area (Å²) in [5.74, 6) is 1.79. The number of benzene rings is 1. The van der Waals surface area contributed by atoms with E-state index in [0.29, 0.717) is 28.6 Å². The SMILES string of the molecule is CC(C)(C)OC(=O)Nc1ccc(Oc2ccnc(-c3ccno3)c2)cc1. The van der Waals surface area contributed by atoms with E-state index in [4.69, 9.17) is 14.0 Å². The molecule has 0 fully saturated rings. The fraction of sp³-hybridized carbons (Fsp3) is 0.211. The second-order valence-electron chi connectivity index (χ2n) is 6.51. The zero-order chi connectivity index (χ0) is 18.6. The van der Waals surface area contributed by atoms with Gasteiger partial charge in [0.2, 0.25) is 0 Å². The van der Waals surface area contributed by atoms with Crippen LogP contribution in [0.25, 0.3) is 11.5 Å². The Bertz CT molecular complexity index is 869. The maximum Gasteiger partial charge on any atom is 0.412 e. The van der Waals surface area contributed by atoms with Crippen molar-refractivity contribution >= 4 is 11.8 Å². The van der Waals surface area contributed by atoms with E-state index in [1.165, 1.54) is 0 Å². The van der Waals surface area contributed by atoms with Crippen LogP contribution in [0.1, 0.15) is 20.8 Å². The summed E-state index contributed by atoms with van der Waals surface area (Å²) in [7, 11) is 0. The Kier molecular flexibility index (Phi) is 4.88. The van der Waals surface area contributed by atoms with Crippen LogP contribution in [0.15, 0.2) is 59.4 Å². The van der Waals surface area contributed by atoms with Gasteiger partial charge in [0.25, 0.3) is 0 Å². The average molecular weight is 353 g/mol. The van der Waals surface area contributed by atoms with Crippen LogP contribution < -0.4 is 10.1 Å². The number of hydrogen-bond acceptors (Lipinski definition) is 6. The number of rotatable bonds is 4. The molecule has 0 saturated carbocycles. The van der Waals surface area contributed by atoms with E-state index in [9.17, 15) is 4.79 Å². The Balaban J connectivity index is 1.65. The zero-order valence-corrected chi connectivity index (χ0v) is 14.7. The third-order valence-electron chi connectivity index (χ3n) is 3.16. The predicted molar refractivity (Wildman–Crippen MR) is 96.1 cm³/mol. The molecule has 0 bridgehead atoms. The zero-order valence-electron chi connectivity index (χ0n) is 14.7. The lowest BCUT2D eigenvalue weighted by Gasteiger charge is -2.19. The first-order valence-corrected chi connectivity index (χ1v) is 8.04. The lowest BCUT2D eigenvalue weighted by atomic mass is 10.2. The Morgan fingerprint density at radius 3 is 2.46 bits per heavy atom. The topological polar surface area (TPSA) is 86.5 Å². The van der Waals surface area contributed by atoms with Crippen molar-refractivity contribution in [1.29, 1.82) is 0 Å². The highest BCUT2D eigenvalue weighted by atomic mass is 16.6. The molecule has 7 nitrogen and oxygen atoms in total. The second-order valence-corrected chi connectivity index (χ2v) is 6.51. The fourth-order valence-corrected chi connectivity index (χ4v) is 2.12. The van der Waals surface area contributed by atoms with E-state index < -0.39 is 11.7 Å². The molecule has 3 aromatic rings. The van der Waals surface area contributed by atoms with Crippen LogP contribution in [-0.2, 0) is 4.74 Å². The van der Waals surface area contributed by atoms with Crippen molar-refractivity contribution in [2.75, 3.05) is 5.32 Å². The number of nitrogens with one attached hydrogen (secondary N) is 1. The highest BCUT2D eigenvalue weighted by Crippen LogP contribution is 2.26. The summed E-state index contributed by atoms with van der Waals surface area (Å²) >= 11 is 0. The molecule has 0 radical (unpaired) electrons. The molecule has 1 amide bonds. The minimum absolute atomic E-state index is 0.503. The first kappa shape index (κ1) is 17.5. The molecule has 0 atom stereocenters. The summed E-state index contributed by atoms with van der Waals surface area (Å²) in [4.78, 5) is 16.0. The van der Waals surface area contributed by atoms with Crippen LogP contribution in [-0.4, -0.2) is 21.8 Å². The number of nitrogens with zero attached hydrogens (tertiary/aromatic N) is 2. The molecule has 2 heterocycles. The first-order valence-electron chi connectivity index (χ1n) is 8.04. The fourth-order valence-electron chi connectivity index (χ4n) is 2.12. The molecule has 1 N–H and O–H groups in total. The van der Waals surface area contributed by atoms with Gasteiger partial charge in [-0.2, -0.15) is 0 Å². The Hall–Kier alpha value is -3.35. The van der Waals surface area contributed by atoms with Crippen molar-refractivity contribution in [3.05, 3.63) is 54.9 Å². The molecular formula is C19H19N3O4. The maximum atomic E-state index is 11.8. The highest BCUT2D eigenvalue weighted by molar-refractivity contribution is 5.84. The summed E-state index contributed by atoms with van der Waals surface area (Å²) < 4.78 is 16.1. The molecule has 1 aromatic carbocycles. The quantitative estimate of drug-likeness (QED) is 0.719. The normalized spacial score (nSPS) is 11.0. The predicted octanol–water partition coefficient (Wildman–Crippen LogP) is 4.88. The van der Waals surface area contributed by atoms with E-state index >= 15 is 0 Å². The molecule has 26 heavy (non-hydrogen) atoms. The minimum Gasteiger partial charge on any atom is -0.457 e. The summed E-state index contributed by atoms with van der Waals surface area (Å²) in [5.41, 5.74) is 0.697. The van der Waals surface area contributed by atoms with Crippen LogP contribution >= 0.6 is 0 Å². The van der Waals surface area contributed by atoms with Gasteiger partial charge in [0.1, 0.15) is 22.8 Å². The van der Waals surface area contributed by atoms with Gasteiger partial charge < -0.3 is 14.0 Å². The average Bonchev–Trinajstić information content (AvgIpc) is 3.10. The lowest BCUT2D eigenvalue weighted by Crippen LogP contribution is -2.27. The van der Waals surface area contributed by atoms with E-state index in [1.54, 1.807) is 54.9 Å². The van der Waals surface area contributed by atoms with Crippen LogP contribution in [0.2, 0.25) is 0 Å². The maximum absolute atomic E-state index is 11.8. The number of pyridine rings is 1. The van der Waals surface area contributed by atoms with Crippen molar-refractivity contribution in [3.8, 4) is 23.0 Å². The monoisotopic (exact) mass is 353 g/mol. The van der Waals surface area contributed by atoms with Gasteiger partial charge in [-0.15, -0.1) is 0 Å². The molecular weight excluding hydrogens is 334 g/mol. The van der Waals surface area contributed by atoms with Gasteiger partial charge in [-0.1, -0.05) is 5.16 Å². The Morgan fingerprint density at radius 1 is 1.04 bits per heavy atom. The van der Waals surface area contributed by atoms with Gasteiger partial charge in [0, 0.05) is 24.0 Å². The van der Waals surface area contributed by atoms with Gasteiger partial charge in [0.15, 0.2) is 5.76 Å². The Morgan fingerprint density at radius 2 is 1.81 bits per heavy atom. The van der Waals surface area contributed by atoms with Crippen molar-refractivity contribution in [1.82, 2.24) is 10.1 Å². The van der Waals surface area contributed by atoms with Crippen LogP contribution in [0.5, 0.6) is 11.5 Å². The van der Waals surface area contributed by atoms with Crippen LogP contribution in [0, 0.1) is 0 Å². The van der Waals surface area contributed by atoms with Crippen LogP contribution in [0.3, 0.4) is 0 Å². The summed E-state index contributed by atoms with van der Waals surface area (Å²) in [6.45, 7) is 5.43. The minimum atomic E-state index is -0.546. The number of ether oxygens (including phenoxy) is 2. The van der Waals surface area contributed by atoms with Crippen LogP contribution in [0.4, 0.5) is 10.5 Å². The largest absolute Gasteiger partial charge is 0.457 e. The number of carbonyl (C=O) groups excluding carboxylic acids is 1. The highest BCUT2D eigenvalue weighted by Gasteiger charge is 2.16. The second kappa shape index (κ2) is 7.26. The van der Waals surface area contributed by atoms with Gasteiger partial charge in [-0.05, 0) is 51.1 Å². The standard InChI is InChI=1S/C19H19N3O4/c1-19(2,3)25-18(23)22-13-4-6-14(7-5-13)24-15-8-10-20-16(12-15)17-9-11-21-26-17/h4-12H,1-3H3,(H,22,23). The van der Waals surface area contributed by atoms with Crippen molar-refractivity contribution < 1.29 is 18.8 Å². The summed E-state index contributed by atoms with van der Waals surface area (Å²) in [5, 5.41) is 6.34. The van der Waals surface area contributed by atoms with Crippen molar-refractivity contribution in [2.24, 2.45) is 0 Å². The Labute approximate surface area is 150 Å². The molecule has 0 aliphatic carbocycles. The molecule has 7 heteroatoms. The number of amides is 1. The number of carbonyl (C=O) groups is 1. The number of anilines is 1. The third kappa shape index (κ3) is 4.83. The van der Waals surface area contributed by atoms with Gasteiger partial charge in [-0.25, -0.2) is 4.79 Å². The van der Waals surface area contributed by atoms with Gasteiger partial charge >= 0.3 is 6.09 Å². The first-order chi connectivity index (χ1) is 12.4.